The van der Waals surface area contributed by atoms with Crippen molar-refractivity contribution in [2.45, 2.75) is 38.8 Å². The molecule has 0 spiro atoms. The third-order valence-electron chi connectivity index (χ3n) is 5.73. The van der Waals surface area contributed by atoms with Gasteiger partial charge in [-0.2, -0.15) is 0 Å². The lowest BCUT2D eigenvalue weighted by molar-refractivity contribution is -0.694. The number of benzene rings is 2. The van der Waals surface area contributed by atoms with Crippen LogP contribution in [0, 0.1) is 6.92 Å². The summed E-state index contributed by atoms with van der Waals surface area (Å²) in [5.74, 6) is 2.41. The molecule has 0 radical (unpaired) electrons. The van der Waals surface area contributed by atoms with Crippen molar-refractivity contribution in [3.8, 4) is 5.75 Å². The second-order valence-electron chi connectivity index (χ2n) is 7.18. The van der Waals surface area contributed by atoms with Crippen LogP contribution in [0.3, 0.4) is 0 Å². The van der Waals surface area contributed by atoms with Gasteiger partial charge in [-0.25, -0.2) is 9.13 Å². The fourth-order valence-corrected chi connectivity index (χ4v) is 4.35. The van der Waals surface area contributed by atoms with Gasteiger partial charge in [-0.15, -0.1) is 0 Å². The lowest BCUT2D eigenvalue weighted by Crippen LogP contribution is -2.36. The normalized spacial score (nSPS) is 18.0. The molecule has 0 saturated carbocycles. The molecule has 3 aromatic rings. The van der Waals surface area contributed by atoms with Gasteiger partial charge >= 0.3 is 0 Å². The quantitative estimate of drug-likeness (QED) is 0.671. The summed E-state index contributed by atoms with van der Waals surface area (Å²) < 4.78 is 10.6. The van der Waals surface area contributed by atoms with E-state index in [2.05, 4.69) is 70.9 Å². The van der Waals surface area contributed by atoms with Gasteiger partial charge in [-0.3, -0.25) is 0 Å². The van der Waals surface area contributed by atoms with Gasteiger partial charge in [0, 0.05) is 18.9 Å². The van der Waals surface area contributed by atoms with E-state index >= 15 is 0 Å². The van der Waals surface area contributed by atoms with Crippen LogP contribution in [-0.2, 0) is 19.4 Å². The average molecular weight is 331 g/mol. The molecule has 2 aromatic carbocycles. The van der Waals surface area contributed by atoms with Crippen LogP contribution in [0.2, 0.25) is 0 Å². The molecule has 3 heteroatoms. The third kappa shape index (κ3) is 2.46. The maximum absolute atomic E-state index is 5.81. The minimum Gasteiger partial charge on any atom is -0.493 e. The van der Waals surface area contributed by atoms with Gasteiger partial charge in [0.25, 0.3) is 5.82 Å². The van der Waals surface area contributed by atoms with E-state index in [-0.39, 0.29) is 0 Å². The Labute approximate surface area is 148 Å². The first-order valence-electron chi connectivity index (χ1n) is 9.19. The van der Waals surface area contributed by atoms with Crippen molar-refractivity contribution >= 4 is 0 Å². The van der Waals surface area contributed by atoms with E-state index in [4.69, 9.17) is 4.74 Å². The number of rotatable bonds is 3. The minimum absolute atomic E-state index is 0.432. The Bertz CT molecular complexity index is 927. The SMILES string of the molecule is Cc1n(C2CCc3cc4c(cc32)OCC4)cc[n+]1Cc1ccccc1. The van der Waals surface area contributed by atoms with Crippen LogP contribution >= 0.6 is 0 Å². The van der Waals surface area contributed by atoms with Gasteiger partial charge in [0.15, 0.2) is 0 Å². The highest BCUT2D eigenvalue weighted by Gasteiger charge is 2.32. The summed E-state index contributed by atoms with van der Waals surface area (Å²) in [6.07, 6.45) is 7.87. The Morgan fingerprint density at radius 1 is 1.12 bits per heavy atom. The van der Waals surface area contributed by atoms with E-state index in [0.717, 1.165) is 25.3 Å². The number of nitrogens with zero attached hydrogens (tertiary/aromatic N) is 2. The Kier molecular flexibility index (Phi) is 3.40. The molecule has 3 nitrogen and oxygen atoms in total. The Morgan fingerprint density at radius 3 is 2.88 bits per heavy atom. The molecule has 0 amide bonds. The van der Waals surface area contributed by atoms with Gasteiger partial charge in [-0.05, 0) is 35.6 Å². The highest BCUT2D eigenvalue weighted by atomic mass is 16.5. The molecule has 2 heterocycles. The lowest BCUT2D eigenvalue weighted by Gasteiger charge is -2.11. The first kappa shape index (κ1) is 14.8. The summed E-state index contributed by atoms with van der Waals surface area (Å²) in [7, 11) is 0. The molecule has 0 fully saturated rings. The fraction of sp³-hybridized carbons (Fsp3) is 0.318. The Morgan fingerprint density at radius 2 is 2.00 bits per heavy atom. The Hall–Kier alpha value is -2.55. The Balaban J connectivity index is 1.48. The average Bonchev–Trinajstić information content (AvgIpc) is 3.33. The molecule has 1 aliphatic heterocycles. The first-order valence-corrected chi connectivity index (χ1v) is 9.19. The van der Waals surface area contributed by atoms with Crippen molar-refractivity contribution in [3.63, 3.8) is 0 Å². The lowest BCUT2D eigenvalue weighted by atomic mass is 10.0. The monoisotopic (exact) mass is 331 g/mol. The van der Waals surface area contributed by atoms with Crippen LogP contribution in [0.1, 0.15) is 40.5 Å². The van der Waals surface area contributed by atoms with Crippen molar-refractivity contribution in [3.05, 3.63) is 82.9 Å². The molecular weight excluding hydrogens is 308 g/mol. The van der Waals surface area contributed by atoms with Crippen molar-refractivity contribution < 1.29 is 9.30 Å². The molecule has 0 saturated heterocycles. The van der Waals surface area contributed by atoms with E-state index in [0.29, 0.717) is 6.04 Å². The van der Waals surface area contributed by atoms with Gasteiger partial charge in [0.05, 0.1) is 6.61 Å². The summed E-state index contributed by atoms with van der Waals surface area (Å²) in [4.78, 5) is 0. The minimum atomic E-state index is 0.432. The first-order chi connectivity index (χ1) is 12.3. The van der Waals surface area contributed by atoms with Crippen molar-refractivity contribution in [1.29, 1.82) is 0 Å². The topological polar surface area (TPSA) is 18.0 Å². The number of fused-ring (bicyclic) bond motifs is 2. The van der Waals surface area contributed by atoms with Gasteiger partial charge in [0.2, 0.25) is 0 Å². The molecule has 1 unspecified atom stereocenters. The summed E-state index contributed by atoms with van der Waals surface area (Å²) >= 11 is 0. The largest absolute Gasteiger partial charge is 0.493 e. The van der Waals surface area contributed by atoms with Crippen LogP contribution in [0.15, 0.2) is 54.9 Å². The summed E-state index contributed by atoms with van der Waals surface area (Å²) in [6, 6.07) is 15.8. The van der Waals surface area contributed by atoms with E-state index in [9.17, 15) is 0 Å². The zero-order chi connectivity index (χ0) is 16.8. The zero-order valence-corrected chi connectivity index (χ0v) is 14.6. The smallest absolute Gasteiger partial charge is 0.254 e. The van der Waals surface area contributed by atoms with Crippen molar-refractivity contribution in [2.24, 2.45) is 0 Å². The number of aromatic nitrogens is 2. The molecule has 0 bridgehead atoms. The van der Waals surface area contributed by atoms with Crippen LogP contribution in [-0.4, -0.2) is 11.2 Å². The molecule has 1 aromatic heterocycles. The predicted octanol–water partition coefficient (Wildman–Crippen LogP) is 3.60. The number of aryl methyl sites for hydroxylation is 1. The standard InChI is InChI=1S/C22H23N2O/c1-16-23(15-17-5-3-2-4-6-17)10-11-24(16)21-8-7-18-13-19-9-12-25-22(19)14-20(18)21/h2-6,10-11,13-14,21H,7-9,12,15H2,1H3/q+1. The molecule has 0 N–H and O–H groups in total. The van der Waals surface area contributed by atoms with Gasteiger partial charge in [0.1, 0.15) is 30.7 Å². The van der Waals surface area contributed by atoms with E-state index in [1.54, 1.807) is 0 Å². The van der Waals surface area contributed by atoms with Crippen LogP contribution in [0.25, 0.3) is 0 Å². The predicted molar refractivity (Wildman–Crippen MR) is 97.0 cm³/mol. The summed E-state index contributed by atoms with van der Waals surface area (Å²) in [5.41, 5.74) is 5.69. The molecule has 5 rings (SSSR count). The molecular formula is C22H23N2O+. The molecule has 25 heavy (non-hydrogen) atoms. The van der Waals surface area contributed by atoms with Gasteiger partial charge in [-0.1, -0.05) is 36.4 Å². The number of hydrogen-bond acceptors (Lipinski definition) is 1. The molecule has 126 valence electrons. The second kappa shape index (κ2) is 5.76. The number of hydrogen-bond donors (Lipinski definition) is 0. The highest BCUT2D eigenvalue weighted by Crippen LogP contribution is 2.40. The van der Waals surface area contributed by atoms with Gasteiger partial charge < -0.3 is 4.74 Å². The summed E-state index contributed by atoms with van der Waals surface area (Å²) in [6.45, 7) is 3.99. The van der Waals surface area contributed by atoms with E-state index < -0.39 is 0 Å². The fourth-order valence-electron chi connectivity index (χ4n) is 4.35. The van der Waals surface area contributed by atoms with Crippen LogP contribution < -0.4 is 9.30 Å². The number of imidazole rings is 1. The highest BCUT2D eigenvalue weighted by molar-refractivity contribution is 5.48. The van der Waals surface area contributed by atoms with Crippen LogP contribution in [0.5, 0.6) is 5.75 Å². The van der Waals surface area contributed by atoms with Crippen molar-refractivity contribution in [1.82, 2.24) is 4.57 Å². The van der Waals surface area contributed by atoms with E-state index in [1.807, 2.05) is 0 Å². The van der Waals surface area contributed by atoms with E-state index in [1.165, 1.54) is 40.9 Å². The molecule has 1 atom stereocenters. The zero-order valence-electron chi connectivity index (χ0n) is 14.6. The third-order valence-corrected chi connectivity index (χ3v) is 5.73. The maximum atomic E-state index is 5.81. The van der Waals surface area contributed by atoms with Crippen LogP contribution in [0.4, 0.5) is 0 Å². The molecule has 2 aliphatic rings. The second-order valence-corrected chi connectivity index (χ2v) is 7.18. The summed E-state index contributed by atoms with van der Waals surface area (Å²) in [5, 5.41) is 0. The van der Waals surface area contributed by atoms with Crippen molar-refractivity contribution in [2.75, 3.05) is 6.61 Å². The number of ether oxygens (including phenoxy) is 1. The molecule has 1 aliphatic carbocycles. The maximum Gasteiger partial charge on any atom is 0.254 e.